The Morgan fingerprint density at radius 3 is 3.13 bits per heavy atom. The van der Waals surface area contributed by atoms with Crippen molar-refractivity contribution in [2.24, 2.45) is 0 Å². The molecule has 1 aliphatic rings. The number of benzene rings is 1. The topological polar surface area (TPSA) is 29.1 Å². The second-order valence-corrected chi connectivity index (χ2v) is 5.13. The van der Waals surface area contributed by atoms with Crippen LogP contribution in [0.1, 0.15) is 18.0 Å². The molecule has 0 saturated heterocycles. The van der Waals surface area contributed by atoms with Crippen LogP contribution in [0.25, 0.3) is 0 Å². The molecule has 4 heteroatoms. The molecule has 1 heterocycles. The molecule has 0 aromatic heterocycles. The number of hydrogen-bond acceptors (Lipinski definition) is 2. The third-order valence-electron chi connectivity index (χ3n) is 2.42. The SMILES string of the molecule is O=C(CBr)NC1CCSc2ccccc21. The highest BCUT2D eigenvalue weighted by Crippen LogP contribution is 2.35. The Kier molecular flexibility index (Phi) is 3.70. The van der Waals surface area contributed by atoms with Gasteiger partial charge in [-0.2, -0.15) is 0 Å². The first-order chi connectivity index (χ1) is 7.31. The summed E-state index contributed by atoms with van der Waals surface area (Å²) in [5.74, 6) is 1.13. The molecule has 0 aliphatic carbocycles. The Bertz CT molecular complexity index is 369. The number of hydrogen-bond donors (Lipinski definition) is 1. The maximum atomic E-state index is 11.3. The van der Waals surface area contributed by atoms with Crippen LogP contribution in [0.5, 0.6) is 0 Å². The predicted molar refractivity (Wildman–Crippen MR) is 66.5 cm³/mol. The Hall–Kier alpha value is -0.480. The van der Waals surface area contributed by atoms with Crippen molar-refractivity contribution < 1.29 is 4.79 Å². The van der Waals surface area contributed by atoms with Crippen molar-refractivity contribution in [3.8, 4) is 0 Å². The molecule has 0 saturated carbocycles. The molecule has 0 fully saturated rings. The minimum Gasteiger partial charge on any atom is -0.349 e. The lowest BCUT2D eigenvalue weighted by Crippen LogP contribution is -2.31. The van der Waals surface area contributed by atoms with Crippen LogP contribution < -0.4 is 5.32 Å². The predicted octanol–water partition coefficient (Wildman–Crippen LogP) is 2.73. The number of amides is 1. The Balaban J connectivity index is 2.18. The smallest absolute Gasteiger partial charge is 0.231 e. The van der Waals surface area contributed by atoms with Crippen molar-refractivity contribution in [2.45, 2.75) is 17.4 Å². The lowest BCUT2D eigenvalue weighted by atomic mass is 10.0. The van der Waals surface area contributed by atoms with E-state index >= 15 is 0 Å². The maximum Gasteiger partial charge on any atom is 0.231 e. The number of halogens is 1. The van der Waals surface area contributed by atoms with E-state index in [0.717, 1.165) is 12.2 Å². The lowest BCUT2D eigenvalue weighted by Gasteiger charge is -2.25. The van der Waals surface area contributed by atoms with Crippen molar-refractivity contribution >= 4 is 33.6 Å². The van der Waals surface area contributed by atoms with Crippen molar-refractivity contribution in [1.82, 2.24) is 5.32 Å². The van der Waals surface area contributed by atoms with Gasteiger partial charge in [0.05, 0.1) is 11.4 Å². The van der Waals surface area contributed by atoms with Gasteiger partial charge in [-0.3, -0.25) is 4.79 Å². The van der Waals surface area contributed by atoms with Crippen LogP contribution in [0, 0.1) is 0 Å². The zero-order valence-electron chi connectivity index (χ0n) is 8.20. The molecule has 2 rings (SSSR count). The third-order valence-corrected chi connectivity index (χ3v) is 4.05. The van der Waals surface area contributed by atoms with Gasteiger partial charge >= 0.3 is 0 Å². The van der Waals surface area contributed by atoms with Gasteiger partial charge in [0.2, 0.25) is 5.91 Å². The van der Waals surface area contributed by atoms with Gasteiger partial charge in [0, 0.05) is 10.6 Å². The molecule has 1 aromatic rings. The van der Waals surface area contributed by atoms with Crippen LogP contribution in [0.3, 0.4) is 0 Å². The molecule has 0 radical (unpaired) electrons. The Morgan fingerprint density at radius 1 is 1.53 bits per heavy atom. The highest BCUT2D eigenvalue weighted by Gasteiger charge is 2.21. The summed E-state index contributed by atoms with van der Waals surface area (Å²) in [6, 6.07) is 8.47. The van der Waals surface area contributed by atoms with Gasteiger partial charge in [-0.25, -0.2) is 0 Å². The number of carbonyl (C=O) groups excluding carboxylic acids is 1. The van der Waals surface area contributed by atoms with Crippen LogP contribution in [-0.2, 0) is 4.79 Å². The largest absolute Gasteiger partial charge is 0.349 e. The fourth-order valence-corrected chi connectivity index (χ4v) is 3.01. The molecule has 2 nitrogen and oxygen atoms in total. The first-order valence-corrected chi connectivity index (χ1v) is 6.99. The standard InChI is InChI=1S/C11H12BrNOS/c12-7-11(14)13-9-5-6-15-10-4-2-1-3-8(9)10/h1-4,9H,5-7H2,(H,13,14). The maximum absolute atomic E-state index is 11.3. The van der Waals surface area contributed by atoms with Crippen LogP contribution in [0.2, 0.25) is 0 Å². The molecular weight excluding hydrogens is 274 g/mol. The number of carbonyl (C=O) groups is 1. The first-order valence-electron chi connectivity index (χ1n) is 4.88. The zero-order valence-corrected chi connectivity index (χ0v) is 10.6. The highest BCUT2D eigenvalue weighted by atomic mass is 79.9. The van der Waals surface area contributed by atoms with Gasteiger partial charge < -0.3 is 5.32 Å². The highest BCUT2D eigenvalue weighted by molar-refractivity contribution is 9.09. The summed E-state index contributed by atoms with van der Waals surface area (Å²) in [6.07, 6.45) is 1.01. The van der Waals surface area contributed by atoms with Crippen LogP contribution in [-0.4, -0.2) is 17.0 Å². The second-order valence-electron chi connectivity index (χ2n) is 3.43. The number of fused-ring (bicyclic) bond motifs is 1. The summed E-state index contributed by atoms with van der Waals surface area (Å²) in [5.41, 5.74) is 1.25. The van der Waals surface area contributed by atoms with Crippen molar-refractivity contribution in [3.63, 3.8) is 0 Å². The zero-order chi connectivity index (χ0) is 10.7. The number of thioether (sulfide) groups is 1. The fraction of sp³-hybridized carbons (Fsp3) is 0.364. The minimum atomic E-state index is 0.0571. The molecule has 0 bridgehead atoms. The molecule has 1 N–H and O–H groups in total. The van der Waals surface area contributed by atoms with Crippen LogP contribution in [0.15, 0.2) is 29.2 Å². The van der Waals surface area contributed by atoms with Gasteiger partial charge in [-0.15, -0.1) is 11.8 Å². The van der Waals surface area contributed by atoms with E-state index in [1.54, 1.807) is 0 Å². The quantitative estimate of drug-likeness (QED) is 0.847. The van der Waals surface area contributed by atoms with E-state index < -0.39 is 0 Å². The minimum absolute atomic E-state index is 0.0571. The molecule has 80 valence electrons. The van der Waals surface area contributed by atoms with E-state index in [0.29, 0.717) is 5.33 Å². The van der Waals surface area contributed by atoms with Crippen molar-refractivity contribution in [3.05, 3.63) is 29.8 Å². The van der Waals surface area contributed by atoms with Gasteiger partial charge in [-0.1, -0.05) is 34.1 Å². The average molecular weight is 286 g/mol. The number of rotatable bonds is 2. The second kappa shape index (κ2) is 5.03. The van der Waals surface area contributed by atoms with Crippen molar-refractivity contribution in [1.29, 1.82) is 0 Å². The normalized spacial score (nSPS) is 19.4. The first kappa shape index (κ1) is 11.0. The van der Waals surface area contributed by atoms with Gasteiger partial charge in [0.15, 0.2) is 0 Å². The van der Waals surface area contributed by atoms with Crippen molar-refractivity contribution in [2.75, 3.05) is 11.1 Å². The van der Waals surface area contributed by atoms with E-state index in [1.807, 2.05) is 23.9 Å². The van der Waals surface area contributed by atoms with E-state index in [-0.39, 0.29) is 11.9 Å². The molecule has 1 aliphatic heterocycles. The van der Waals surface area contributed by atoms with Crippen LogP contribution >= 0.6 is 27.7 Å². The Morgan fingerprint density at radius 2 is 2.33 bits per heavy atom. The van der Waals surface area contributed by atoms with Crippen LogP contribution in [0.4, 0.5) is 0 Å². The molecule has 1 amide bonds. The molecule has 0 spiro atoms. The fourth-order valence-electron chi connectivity index (χ4n) is 1.72. The monoisotopic (exact) mass is 285 g/mol. The van der Waals surface area contributed by atoms with E-state index in [9.17, 15) is 4.79 Å². The number of nitrogens with one attached hydrogen (secondary N) is 1. The number of alkyl halides is 1. The summed E-state index contributed by atoms with van der Waals surface area (Å²) < 4.78 is 0. The molecular formula is C11H12BrNOS. The van der Waals surface area contributed by atoms with Gasteiger partial charge in [0.1, 0.15) is 0 Å². The Labute approximate surface area is 102 Å². The molecule has 1 aromatic carbocycles. The molecule has 15 heavy (non-hydrogen) atoms. The van der Waals surface area contributed by atoms with E-state index in [4.69, 9.17) is 0 Å². The third kappa shape index (κ3) is 2.55. The van der Waals surface area contributed by atoms with E-state index in [1.165, 1.54) is 10.5 Å². The van der Waals surface area contributed by atoms with Gasteiger partial charge in [0.25, 0.3) is 0 Å². The molecule has 1 atom stereocenters. The summed E-state index contributed by atoms with van der Waals surface area (Å²) in [6.45, 7) is 0. The summed E-state index contributed by atoms with van der Waals surface area (Å²) in [5, 5.41) is 3.40. The van der Waals surface area contributed by atoms with Gasteiger partial charge in [-0.05, 0) is 18.1 Å². The molecule has 1 unspecified atom stereocenters. The summed E-state index contributed by atoms with van der Waals surface area (Å²) in [7, 11) is 0. The summed E-state index contributed by atoms with van der Waals surface area (Å²) >= 11 is 5.03. The van der Waals surface area contributed by atoms with E-state index in [2.05, 4.69) is 33.4 Å². The lowest BCUT2D eigenvalue weighted by molar-refractivity contribution is -0.119. The summed E-state index contributed by atoms with van der Waals surface area (Å²) in [4.78, 5) is 12.6. The average Bonchev–Trinajstić information content (AvgIpc) is 2.29.